The van der Waals surface area contributed by atoms with Crippen molar-refractivity contribution in [1.82, 2.24) is 9.62 Å². The smallest absolute Gasteiger partial charge is 0.251 e. The Bertz CT molecular complexity index is 991. The zero-order chi connectivity index (χ0) is 20.3. The second-order valence-corrected chi connectivity index (χ2v) is 9.18. The molecule has 2 aromatic carbocycles. The van der Waals surface area contributed by atoms with E-state index in [1.807, 2.05) is 0 Å². The SMILES string of the molecule is Cc1ccc(C(=O)NCc2cc(F)ccc2Br)cc1S(=O)(=O)N1CCOCC1. The highest BCUT2D eigenvalue weighted by Crippen LogP contribution is 2.23. The van der Waals surface area contributed by atoms with Crippen molar-refractivity contribution in [3.63, 3.8) is 0 Å². The number of carbonyl (C=O) groups is 1. The maximum atomic E-state index is 13.4. The lowest BCUT2D eigenvalue weighted by Gasteiger charge is -2.26. The fraction of sp³-hybridized carbons (Fsp3) is 0.316. The van der Waals surface area contributed by atoms with Gasteiger partial charge < -0.3 is 10.1 Å². The normalized spacial score (nSPS) is 15.4. The number of benzene rings is 2. The molecule has 150 valence electrons. The van der Waals surface area contributed by atoms with Crippen molar-refractivity contribution in [2.45, 2.75) is 18.4 Å². The Morgan fingerprint density at radius 2 is 1.93 bits per heavy atom. The third kappa shape index (κ3) is 4.60. The first kappa shape index (κ1) is 20.9. The van der Waals surface area contributed by atoms with Crippen LogP contribution < -0.4 is 5.32 Å². The number of halogens is 2. The summed E-state index contributed by atoms with van der Waals surface area (Å²) >= 11 is 3.32. The number of carbonyl (C=O) groups excluding carboxylic acids is 1. The van der Waals surface area contributed by atoms with Gasteiger partial charge in [0.15, 0.2) is 0 Å². The van der Waals surface area contributed by atoms with Crippen LogP contribution in [-0.2, 0) is 21.3 Å². The highest BCUT2D eigenvalue weighted by molar-refractivity contribution is 9.10. The van der Waals surface area contributed by atoms with Crippen LogP contribution in [0.15, 0.2) is 45.8 Å². The van der Waals surface area contributed by atoms with Gasteiger partial charge in [-0.25, -0.2) is 12.8 Å². The van der Waals surface area contributed by atoms with Gasteiger partial charge in [0.05, 0.1) is 18.1 Å². The van der Waals surface area contributed by atoms with E-state index in [4.69, 9.17) is 4.74 Å². The molecule has 0 radical (unpaired) electrons. The summed E-state index contributed by atoms with van der Waals surface area (Å²) in [6, 6.07) is 8.78. The van der Waals surface area contributed by atoms with Gasteiger partial charge in [-0.3, -0.25) is 4.79 Å². The quantitative estimate of drug-likeness (QED) is 0.728. The molecule has 6 nitrogen and oxygen atoms in total. The van der Waals surface area contributed by atoms with Gasteiger partial charge in [0.2, 0.25) is 10.0 Å². The van der Waals surface area contributed by atoms with Crippen LogP contribution in [0.4, 0.5) is 4.39 Å². The van der Waals surface area contributed by atoms with Crippen molar-refractivity contribution in [1.29, 1.82) is 0 Å². The molecule has 1 aliphatic rings. The van der Waals surface area contributed by atoms with E-state index in [9.17, 15) is 17.6 Å². The van der Waals surface area contributed by atoms with Crippen LogP contribution in [-0.4, -0.2) is 44.9 Å². The van der Waals surface area contributed by atoms with Gasteiger partial charge >= 0.3 is 0 Å². The third-order valence-electron chi connectivity index (χ3n) is 4.49. The fourth-order valence-corrected chi connectivity index (χ4v) is 4.95. The number of sulfonamides is 1. The minimum Gasteiger partial charge on any atom is -0.379 e. The van der Waals surface area contributed by atoms with Crippen molar-refractivity contribution in [2.75, 3.05) is 26.3 Å². The van der Waals surface area contributed by atoms with Gasteiger partial charge in [0, 0.05) is 29.7 Å². The van der Waals surface area contributed by atoms with Crippen LogP contribution in [0.2, 0.25) is 0 Å². The van der Waals surface area contributed by atoms with Crippen LogP contribution in [0.3, 0.4) is 0 Å². The zero-order valence-electron chi connectivity index (χ0n) is 15.2. The van der Waals surface area contributed by atoms with E-state index in [2.05, 4.69) is 21.2 Å². The Morgan fingerprint density at radius 3 is 2.64 bits per heavy atom. The van der Waals surface area contributed by atoms with Gasteiger partial charge in [-0.2, -0.15) is 4.31 Å². The lowest BCUT2D eigenvalue weighted by Crippen LogP contribution is -2.41. The Kier molecular flexibility index (Phi) is 6.49. The van der Waals surface area contributed by atoms with Gasteiger partial charge in [-0.05, 0) is 48.4 Å². The largest absolute Gasteiger partial charge is 0.379 e. The lowest BCUT2D eigenvalue weighted by atomic mass is 10.1. The number of aryl methyl sites for hydroxylation is 1. The van der Waals surface area contributed by atoms with Crippen LogP contribution in [0.5, 0.6) is 0 Å². The van der Waals surface area contributed by atoms with E-state index in [0.717, 1.165) is 0 Å². The van der Waals surface area contributed by atoms with Crippen LogP contribution in [0, 0.1) is 12.7 Å². The standard InChI is InChI=1S/C19H20BrFN2O4S/c1-13-2-3-14(11-18(13)28(25,26)23-6-8-27-9-7-23)19(24)22-12-15-10-16(21)4-5-17(15)20/h2-5,10-11H,6-9,12H2,1H3,(H,22,24). The molecule has 1 N–H and O–H groups in total. The number of amides is 1. The van der Waals surface area contributed by atoms with Crippen molar-refractivity contribution >= 4 is 31.9 Å². The molecule has 0 aliphatic carbocycles. The average molecular weight is 471 g/mol. The molecular weight excluding hydrogens is 451 g/mol. The summed E-state index contributed by atoms with van der Waals surface area (Å²) in [7, 11) is -3.71. The predicted molar refractivity (Wildman–Crippen MR) is 106 cm³/mol. The van der Waals surface area contributed by atoms with Crippen molar-refractivity contribution < 1.29 is 22.3 Å². The molecule has 0 spiro atoms. The number of ether oxygens (including phenoxy) is 1. The van der Waals surface area contributed by atoms with E-state index in [1.165, 1.54) is 22.5 Å². The number of nitrogens with zero attached hydrogens (tertiary/aromatic N) is 1. The zero-order valence-corrected chi connectivity index (χ0v) is 17.6. The minimum atomic E-state index is -3.71. The Hall–Kier alpha value is -1.81. The fourth-order valence-electron chi connectivity index (χ4n) is 2.90. The maximum Gasteiger partial charge on any atom is 0.251 e. The molecule has 1 fully saturated rings. The monoisotopic (exact) mass is 470 g/mol. The molecule has 0 aromatic heterocycles. The molecule has 28 heavy (non-hydrogen) atoms. The van der Waals surface area contributed by atoms with Gasteiger partial charge in [-0.1, -0.05) is 22.0 Å². The van der Waals surface area contributed by atoms with Crippen LogP contribution in [0.25, 0.3) is 0 Å². The Morgan fingerprint density at radius 1 is 1.21 bits per heavy atom. The lowest BCUT2D eigenvalue weighted by molar-refractivity contribution is 0.0730. The average Bonchev–Trinajstić information content (AvgIpc) is 2.69. The molecule has 1 heterocycles. The highest BCUT2D eigenvalue weighted by Gasteiger charge is 2.28. The second kappa shape index (κ2) is 8.69. The Balaban J connectivity index is 1.80. The van der Waals surface area contributed by atoms with E-state index in [1.54, 1.807) is 25.1 Å². The first-order valence-electron chi connectivity index (χ1n) is 8.70. The summed E-state index contributed by atoms with van der Waals surface area (Å²) in [6.07, 6.45) is 0. The molecule has 3 rings (SSSR count). The number of morpholine rings is 1. The first-order chi connectivity index (χ1) is 13.3. The van der Waals surface area contributed by atoms with Gasteiger partial charge in [-0.15, -0.1) is 0 Å². The summed E-state index contributed by atoms with van der Waals surface area (Å²) in [4.78, 5) is 12.6. The summed E-state index contributed by atoms with van der Waals surface area (Å²) in [5, 5.41) is 2.70. The molecule has 0 bridgehead atoms. The number of rotatable bonds is 5. The van der Waals surface area contributed by atoms with E-state index in [-0.39, 0.29) is 30.1 Å². The summed E-state index contributed by atoms with van der Waals surface area (Å²) in [5.41, 5.74) is 1.38. The summed E-state index contributed by atoms with van der Waals surface area (Å²) in [6.45, 7) is 3.06. The summed E-state index contributed by atoms with van der Waals surface area (Å²) in [5.74, 6) is -0.837. The van der Waals surface area contributed by atoms with Gasteiger partial charge in [0.1, 0.15) is 5.82 Å². The number of hydrogen-bond acceptors (Lipinski definition) is 4. The molecule has 9 heteroatoms. The molecule has 1 saturated heterocycles. The van der Waals surface area contributed by atoms with Crippen molar-refractivity contribution in [3.8, 4) is 0 Å². The van der Waals surface area contributed by atoms with Crippen molar-refractivity contribution in [2.24, 2.45) is 0 Å². The van der Waals surface area contributed by atoms with Crippen LogP contribution in [0.1, 0.15) is 21.5 Å². The number of nitrogens with one attached hydrogen (secondary N) is 1. The molecule has 1 amide bonds. The highest BCUT2D eigenvalue weighted by atomic mass is 79.9. The molecule has 2 aromatic rings. The predicted octanol–water partition coefficient (Wildman–Crippen LogP) is 2.85. The second-order valence-electron chi connectivity index (χ2n) is 6.42. The molecule has 1 aliphatic heterocycles. The van der Waals surface area contributed by atoms with Gasteiger partial charge in [0.25, 0.3) is 5.91 Å². The van der Waals surface area contributed by atoms with E-state index in [0.29, 0.717) is 28.8 Å². The maximum absolute atomic E-state index is 13.4. The van der Waals surface area contributed by atoms with Crippen molar-refractivity contribution in [3.05, 3.63) is 63.4 Å². The Labute approximate surface area is 171 Å². The summed E-state index contributed by atoms with van der Waals surface area (Å²) < 4.78 is 46.5. The molecule has 0 saturated carbocycles. The van der Waals surface area contributed by atoms with Crippen LogP contribution >= 0.6 is 15.9 Å². The topological polar surface area (TPSA) is 75.7 Å². The van der Waals surface area contributed by atoms with E-state index < -0.39 is 21.7 Å². The molecule has 0 atom stereocenters. The van der Waals surface area contributed by atoms with E-state index >= 15 is 0 Å². The first-order valence-corrected chi connectivity index (χ1v) is 10.9. The molecular formula is C19H20BrFN2O4S. The third-order valence-corrected chi connectivity index (χ3v) is 7.30. The number of hydrogen-bond donors (Lipinski definition) is 1. The minimum absolute atomic E-state index is 0.106. The molecule has 0 unspecified atom stereocenters.